The molecule has 24 heavy (non-hydrogen) atoms. The zero-order chi connectivity index (χ0) is 17.3. The van der Waals surface area contributed by atoms with E-state index in [0.717, 1.165) is 12.1 Å². The van der Waals surface area contributed by atoms with Gasteiger partial charge < -0.3 is 15.0 Å². The Balaban J connectivity index is 1.90. The maximum absolute atomic E-state index is 13.7. The van der Waals surface area contributed by atoms with Crippen LogP contribution in [-0.2, 0) is 0 Å². The summed E-state index contributed by atoms with van der Waals surface area (Å²) in [4.78, 5) is 25.9. The number of halogens is 2. The topological polar surface area (TPSA) is 58.6 Å². The number of nitrogens with zero attached hydrogens (tertiary/aromatic N) is 1. The Morgan fingerprint density at radius 1 is 1.21 bits per heavy atom. The molecule has 0 atom stereocenters. The van der Waals surface area contributed by atoms with Gasteiger partial charge in [0.15, 0.2) is 0 Å². The highest BCUT2D eigenvalue weighted by Gasteiger charge is 2.22. The largest absolute Gasteiger partial charge is 0.491 e. The van der Waals surface area contributed by atoms with Crippen molar-refractivity contribution < 1.29 is 23.1 Å². The average molecular weight is 332 g/mol. The maximum Gasteiger partial charge on any atom is 0.261 e. The second-order valence-corrected chi connectivity index (χ2v) is 5.34. The number of carbonyl (C=O) groups is 2. The van der Waals surface area contributed by atoms with Gasteiger partial charge in [-0.15, -0.1) is 0 Å². The monoisotopic (exact) mass is 332 g/mol. The van der Waals surface area contributed by atoms with E-state index in [4.69, 9.17) is 4.74 Å². The number of anilines is 1. The quantitative estimate of drug-likeness (QED) is 0.920. The van der Waals surface area contributed by atoms with Crippen molar-refractivity contribution in [2.24, 2.45) is 0 Å². The Bertz CT molecular complexity index is 803. The van der Waals surface area contributed by atoms with Crippen LogP contribution in [0.25, 0.3) is 0 Å². The molecule has 1 aliphatic rings. The summed E-state index contributed by atoms with van der Waals surface area (Å²) >= 11 is 0. The van der Waals surface area contributed by atoms with Gasteiger partial charge in [-0.05, 0) is 30.3 Å². The van der Waals surface area contributed by atoms with E-state index < -0.39 is 23.1 Å². The molecule has 2 aromatic rings. The van der Waals surface area contributed by atoms with Gasteiger partial charge in [0.05, 0.1) is 12.1 Å². The third kappa shape index (κ3) is 2.92. The standard InChI is InChI=1S/C17H14F2N2O3/c1-21-7-8-24-14-6-5-10(9-11(14)17(21)23)20-16(22)15-12(18)3-2-4-13(15)19/h2-6,9H,7-8H2,1H3,(H,20,22). The van der Waals surface area contributed by atoms with Crippen LogP contribution in [0.2, 0.25) is 0 Å². The molecular weight excluding hydrogens is 318 g/mol. The van der Waals surface area contributed by atoms with Gasteiger partial charge in [0.1, 0.15) is 29.6 Å². The number of rotatable bonds is 2. The molecule has 0 radical (unpaired) electrons. The Labute approximate surface area is 136 Å². The lowest BCUT2D eigenvalue weighted by Crippen LogP contribution is -2.27. The van der Waals surface area contributed by atoms with Crippen LogP contribution in [0.5, 0.6) is 5.75 Å². The summed E-state index contributed by atoms with van der Waals surface area (Å²) in [7, 11) is 1.64. The highest BCUT2D eigenvalue weighted by Crippen LogP contribution is 2.26. The average Bonchev–Trinajstić information content (AvgIpc) is 2.67. The van der Waals surface area contributed by atoms with Crippen molar-refractivity contribution in [2.45, 2.75) is 0 Å². The Hall–Kier alpha value is -2.96. The van der Waals surface area contributed by atoms with Crippen molar-refractivity contribution in [3.05, 3.63) is 59.2 Å². The molecule has 124 valence electrons. The summed E-state index contributed by atoms with van der Waals surface area (Å²) in [5.74, 6) is -2.70. The second kappa shape index (κ2) is 6.27. The zero-order valence-electron chi connectivity index (χ0n) is 12.8. The highest BCUT2D eigenvalue weighted by molar-refractivity contribution is 6.06. The summed E-state index contributed by atoms with van der Waals surface area (Å²) in [6.07, 6.45) is 0. The number of fused-ring (bicyclic) bond motifs is 1. The number of carbonyl (C=O) groups excluding carboxylic acids is 2. The lowest BCUT2D eigenvalue weighted by Gasteiger charge is -2.13. The first-order valence-corrected chi connectivity index (χ1v) is 7.25. The molecule has 0 aliphatic carbocycles. The molecule has 1 heterocycles. The minimum absolute atomic E-state index is 0.244. The van der Waals surface area contributed by atoms with Crippen molar-refractivity contribution in [1.82, 2.24) is 4.90 Å². The number of hydrogen-bond donors (Lipinski definition) is 1. The molecule has 1 aliphatic heterocycles. The van der Waals surface area contributed by atoms with Crippen LogP contribution in [0.15, 0.2) is 36.4 Å². The maximum atomic E-state index is 13.7. The van der Waals surface area contributed by atoms with Crippen molar-refractivity contribution >= 4 is 17.5 Å². The first-order valence-electron chi connectivity index (χ1n) is 7.25. The van der Waals surface area contributed by atoms with Crippen LogP contribution < -0.4 is 10.1 Å². The molecule has 0 saturated heterocycles. The molecule has 0 unspecified atom stereocenters. The van der Waals surface area contributed by atoms with Gasteiger partial charge in [0.25, 0.3) is 11.8 Å². The lowest BCUT2D eigenvalue weighted by molar-refractivity contribution is 0.0796. The van der Waals surface area contributed by atoms with Crippen LogP contribution in [0, 0.1) is 11.6 Å². The molecular formula is C17H14F2N2O3. The van der Waals surface area contributed by atoms with Gasteiger partial charge in [-0.1, -0.05) is 6.07 Å². The Morgan fingerprint density at radius 3 is 2.62 bits per heavy atom. The molecule has 0 bridgehead atoms. The number of nitrogens with one attached hydrogen (secondary N) is 1. The van der Waals surface area contributed by atoms with E-state index in [2.05, 4.69) is 5.32 Å². The van der Waals surface area contributed by atoms with E-state index in [0.29, 0.717) is 18.9 Å². The molecule has 3 rings (SSSR count). The van der Waals surface area contributed by atoms with Crippen LogP contribution in [0.3, 0.4) is 0 Å². The molecule has 7 heteroatoms. The predicted molar refractivity (Wildman–Crippen MR) is 83.2 cm³/mol. The van der Waals surface area contributed by atoms with Gasteiger partial charge in [0.2, 0.25) is 0 Å². The fraction of sp³-hybridized carbons (Fsp3) is 0.176. The molecule has 5 nitrogen and oxygen atoms in total. The number of likely N-dealkylation sites (N-methyl/N-ethyl adjacent to an activating group) is 1. The van der Waals surface area contributed by atoms with Gasteiger partial charge in [0, 0.05) is 12.7 Å². The fourth-order valence-corrected chi connectivity index (χ4v) is 2.41. The molecule has 2 aromatic carbocycles. The van der Waals surface area contributed by atoms with Gasteiger partial charge in [-0.2, -0.15) is 0 Å². The van der Waals surface area contributed by atoms with Crippen LogP contribution in [0.1, 0.15) is 20.7 Å². The SMILES string of the molecule is CN1CCOc2ccc(NC(=O)c3c(F)cccc3F)cc2C1=O. The number of amides is 2. The van der Waals surface area contributed by atoms with E-state index in [1.165, 1.54) is 23.1 Å². The van der Waals surface area contributed by atoms with Gasteiger partial charge in [-0.3, -0.25) is 9.59 Å². The molecule has 1 N–H and O–H groups in total. The van der Waals surface area contributed by atoms with E-state index in [9.17, 15) is 18.4 Å². The van der Waals surface area contributed by atoms with Crippen molar-refractivity contribution in [1.29, 1.82) is 0 Å². The highest BCUT2D eigenvalue weighted by atomic mass is 19.1. The van der Waals surface area contributed by atoms with Crippen molar-refractivity contribution in [2.75, 3.05) is 25.5 Å². The fourth-order valence-electron chi connectivity index (χ4n) is 2.41. The van der Waals surface area contributed by atoms with Crippen molar-refractivity contribution in [3.8, 4) is 5.75 Å². The van der Waals surface area contributed by atoms with E-state index in [1.54, 1.807) is 13.1 Å². The molecule has 0 aromatic heterocycles. The second-order valence-electron chi connectivity index (χ2n) is 5.34. The van der Waals surface area contributed by atoms with Crippen LogP contribution >= 0.6 is 0 Å². The molecule has 2 amide bonds. The zero-order valence-corrected chi connectivity index (χ0v) is 12.8. The first kappa shape index (κ1) is 15.9. The number of benzene rings is 2. The normalized spacial score (nSPS) is 13.8. The number of hydrogen-bond acceptors (Lipinski definition) is 3. The van der Waals surface area contributed by atoms with Crippen LogP contribution in [0.4, 0.5) is 14.5 Å². The molecule has 0 fully saturated rings. The minimum atomic E-state index is -0.957. The Kier molecular flexibility index (Phi) is 4.16. The van der Waals surface area contributed by atoms with Gasteiger partial charge >= 0.3 is 0 Å². The summed E-state index contributed by atoms with van der Waals surface area (Å²) in [6.45, 7) is 0.803. The van der Waals surface area contributed by atoms with Gasteiger partial charge in [-0.25, -0.2) is 8.78 Å². The summed E-state index contributed by atoms with van der Waals surface area (Å²) in [5.41, 5.74) is -0.150. The van der Waals surface area contributed by atoms with E-state index >= 15 is 0 Å². The van der Waals surface area contributed by atoms with E-state index in [1.807, 2.05) is 0 Å². The lowest BCUT2D eigenvalue weighted by atomic mass is 10.1. The van der Waals surface area contributed by atoms with Crippen molar-refractivity contribution in [3.63, 3.8) is 0 Å². The number of ether oxygens (including phenoxy) is 1. The molecule has 0 spiro atoms. The predicted octanol–water partition coefficient (Wildman–Crippen LogP) is 2.68. The summed E-state index contributed by atoms with van der Waals surface area (Å²) in [6, 6.07) is 7.66. The summed E-state index contributed by atoms with van der Waals surface area (Å²) in [5, 5.41) is 2.40. The van der Waals surface area contributed by atoms with E-state index in [-0.39, 0.29) is 17.2 Å². The third-order valence-corrected chi connectivity index (χ3v) is 3.69. The van der Waals surface area contributed by atoms with Crippen LogP contribution in [-0.4, -0.2) is 36.9 Å². The molecule has 0 saturated carbocycles. The first-order chi connectivity index (χ1) is 11.5. The minimum Gasteiger partial charge on any atom is -0.491 e. The third-order valence-electron chi connectivity index (χ3n) is 3.69. The smallest absolute Gasteiger partial charge is 0.261 e. The summed E-state index contributed by atoms with van der Waals surface area (Å²) < 4.78 is 32.8. The Morgan fingerprint density at radius 2 is 1.92 bits per heavy atom.